The van der Waals surface area contributed by atoms with E-state index < -0.39 is 12.1 Å². The van der Waals surface area contributed by atoms with Crippen molar-refractivity contribution < 1.29 is 28.8 Å². The zero-order chi connectivity index (χ0) is 28.5. The summed E-state index contributed by atoms with van der Waals surface area (Å²) in [6.07, 6.45) is 5.32. The van der Waals surface area contributed by atoms with Crippen LogP contribution in [0.15, 0.2) is 18.2 Å². The highest BCUT2D eigenvalue weighted by molar-refractivity contribution is 5.79. The molecule has 222 valence electrons. The lowest BCUT2D eigenvalue weighted by atomic mass is 9.80. The van der Waals surface area contributed by atoms with E-state index in [0.717, 1.165) is 43.4 Å². The molecule has 3 rings (SSSR count). The molecule has 2 aliphatic heterocycles. The van der Waals surface area contributed by atoms with E-state index in [9.17, 15) is 9.90 Å². The van der Waals surface area contributed by atoms with Gasteiger partial charge in [-0.3, -0.25) is 4.79 Å². The van der Waals surface area contributed by atoms with E-state index in [1.807, 2.05) is 26.0 Å². The maximum atomic E-state index is 13.2. The van der Waals surface area contributed by atoms with Crippen LogP contribution in [-0.4, -0.2) is 68.8 Å². The fourth-order valence-electron chi connectivity index (χ4n) is 5.94. The van der Waals surface area contributed by atoms with Crippen LogP contribution in [0.3, 0.4) is 0 Å². The highest BCUT2D eigenvalue weighted by Gasteiger charge is 2.42. The fraction of sp³-hybridized carbons (Fsp3) is 0.774. The first-order valence-corrected chi connectivity index (χ1v) is 14.8. The summed E-state index contributed by atoms with van der Waals surface area (Å²) >= 11 is 0. The van der Waals surface area contributed by atoms with Gasteiger partial charge in [0.1, 0.15) is 0 Å². The molecule has 0 aliphatic carbocycles. The van der Waals surface area contributed by atoms with Gasteiger partial charge in [-0.25, -0.2) is 0 Å². The van der Waals surface area contributed by atoms with Crippen molar-refractivity contribution in [3.8, 4) is 11.5 Å². The van der Waals surface area contributed by atoms with Crippen LogP contribution in [0, 0.1) is 23.7 Å². The molecule has 0 radical (unpaired) electrons. The molecule has 2 saturated heterocycles. The Bertz CT molecular complexity index is 894. The van der Waals surface area contributed by atoms with Gasteiger partial charge in [0.2, 0.25) is 5.91 Å². The van der Waals surface area contributed by atoms with Crippen LogP contribution in [-0.2, 0) is 20.7 Å². The third kappa shape index (κ3) is 9.07. The number of nitrogens with one attached hydrogen (secondary N) is 1. The van der Waals surface area contributed by atoms with Crippen LogP contribution >= 0.6 is 0 Å². The number of benzene rings is 1. The highest BCUT2D eigenvalue weighted by atomic mass is 16.5. The van der Waals surface area contributed by atoms with Crippen molar-refractivity contribution in [3.05, 3.63) is 23.8 Å². The molecule has 2 fully saturated rings. The van der Waals surface area contributed by atoms with E-state index in [0.29, 0.717) is 37.7 Å². The predicted octanol–water partition coefficient (Wildman–Crippen LogP) is 4.10. The Kier molecular flexibility index (Phi) is 12.4. The van der Waals surface area contributed by atoms with Crippen LogP contribution in [0.5, 0.6) is 11.5 Å². The molecule has 1 amide bonds. The Morgan fingerprint density at radius 2 is 1.87 bits per heavy atom. The average molecular weight is 549 g/mol. The van der Waals surface area contributed by atoms with Gasteiger partial charge in [0, 0.05) is 32.1 Å². The van der Waals surface area contributed by atoms with Gasteiger partial charge in [0.15, 0.2) is 11.5 Å². The number of hydrogen-bond acceptors (Lipinski definition) is 7. The van der Waals surface area contributed by atoms with E-state index in [1.165, 1.54) is 0 Å². The van der Waals surface area contributed by atoms with Gasteiger partial charge in [-0.15, -0.1) is 0 Å². The lowest BCUT2D eigenvalue weighted by Crippen LogP contribution is -2.47. The number of hydrogen-bond donors (Lipinski definition) is 3. The Morgan fingerprint density at radius 3 is 2.46 bits per heavy atom. The first kappa shape index (κ1) is 31.7. The molecule has 8 nitrogen and oxygen atoms in total. The molecule has 7 atom stereocenters. The summed E-state index contributed by atoms with van der Waals surface area (Å²) in [7, 11) is 3.33. The van der Waals surface area contributed by atoms with E-state index in [1.54, 1.807) is 14.2 Å². The molecule has 4 N–H and O–H groups in total. The van der Waals surface area contributed by atoms with Gasteiger partial charge in [-0.1, -0.05) is 33.8 Å². The monoisotopic (exact) mass is 548 g/mol. The quantitative estimate of drug-likeness (QED) is 0.251. The minimum Gasteiger partial charge on any atom is -0.493 e. The zero-order valence-electron chi connectivity index (χ0n) is 24.9. The average Bonchev–Trinajstić information content (AvgIpc) is 3.52. The normalized spacial score (nSPS) is 23.6. The smallest absolute Gasteiger partial charge is 0.223 e. The molecule has 8 heteroatoms. The maximum Gasteiger partial charge on any atom is 0.223 e. The van der Waals surface area contributed by atoms with Crippen molar-refractivity contribution in [2.75, 3.05) is 27.4 Å². The van der Waals surface area contributed by atoms with E-state index in [2.05, 4.69) is 25.2 Å². The number of carbonyl (C=O) groups excluding carboxylic acids is 1. The summed E-state index contributed by atoms with van der Waals surface area (Å²) < 4.78 is 22.5. The Hall–Kier alpha value is -1.87. The maximum absolute atomic E-state index is 13.2. The summed E-state index contributed by atoms with van der Waals surface area (Å²) in [6.45, 7) is 9.66. The van der Waals surface area contributed by atoms with Crippen LogP contribution in [0.2, 0.25) is 0 Å². The molecule has 1 aromatic rings. The SMILES string of the molecule is COCCCOc1cc(C[C@@H](C[C@H](N)[C@@H](O)C[C@H](C(=O)N[C@H]2CC3CCC2O3)C(C)C)C(C)C)ccc1OC. The predicted molar refractivity (Wildman–Crippen MR) is 153 cm³/mol. The Balaban J connectivity index is 1.58. The van der Waals surface area contributed by atoms with Crippen LogP contribution in [0.25, 0.3) is 0 Å². The summed E-state index contributed by atoms with van der Waals surface area (Å²) in [4.78, 5) is 13.2. The minimum absolute atomic E-state index is 0.00840. The molecule has 0 spiro atoms. The largest absolute Gasteiger partial charge is 0.493 e. The summed E-state index contributed by atoms with van der Waals surface area (Å²) in [5, 5.41) is 14.3. The number of nitrogens with two attached hydrogens (primary N) is 1. The number of rotatable bonds is 17. The molecule has 1 aromatic carbocycles. The van der Waals surface area contributed by atoms with Crippen LogP contribution in [0.4, 0.5) is 0 Å². The number of aliphatic hydroxyl groups is 1. The minimum atomic E-state index is -0.753. The first-order valence-electron chi connectivity index (χ1n) is 14.8. The van der Waals surface area contributed by atoms with Crippen molar-refractivity contribution in [2.24, 2.45) is 29.4 Å². The number of fused-ring (bicyclic) bond motifs is 2. The van der Waals surface area contributed by atoms with Crippen molar-refractivity contribution in [3.63, 3.8) is 0 Å². The molecule has 39 heavy (non-hydrogen) atoms. The number of carbonyl (C=O) groups is 1. The molecule has 0 aromatic heterocycles. The molecular formula is C31H52N2O6. The lowest BCUT2D eigenvalue weighted by Gasteiger charge is -2.31. The van der Waals surface area contributed by atoms with Crippen molar-refractivity contribution in [1.29, 1.82) is 0 Å². The van der Waals surface area contributed by atoms with Crippen LogP contribution in [0.1, 0.15) is 71.8 Å². The van der Waals surface area contributed by atoms with Gasteiger partial charge in [0.25, 0.3) is 0 Å². The highest BCUT2D eigenvalue weighted by Crippen LogP contribution is 2.35. The third-order valence-corrected chi connectivity index (χ3v) is 8.56. The first-order chi connectivity index (χ1) is 18.6. The second-order valence-electron chi connectivity index (χ2n) is 12.2. The van der Waals surface area contributed by atoms with Gasteiger partial charge >= 0.3 is 0 Å². The standard InChI is InChI=1S/C31H52N2O6/c1-19(2)22(14-21-8-10-29(37-6)30(15-21)38-13-7-12-36-5)16-25(32)27(34)18-24(20(3)4)31(35)33-26-17-23-9-11-28(26)39-23/h8,10,15,19-20,22-28,34H,7,9,11-14,16-18,32H2,1-6H3,(H,33,35)/t22-,23?,24-,25-,26-,27-,28?/m0/s1. The van der Waals surface area contributed by atoms with Crippen molar-refractivity contribution in [2.45, 2.75) is 103 Å². The Labute approximate surface area is 235 Å². The third-order valence-electron chi connectivity index (χ3n) is 8.56. The van der Waals surface area contributed by atoms with Gasteiger partial charge in [-0.2, -0.15) is 0 Å². The Morgan fingerprint density at radius 1 is 1.10 bits per heavy atom. The lowest BCUT2D eigenvalue weighted by molar-refractivity contribution is -0.128. The molecule has 0 saturated carbocycles. The number of amides is 1. The molecule has 2 bridgehead atoms. The molecular weight excluding hydrogens is 496 g/mol. The van der Waals surface area contributed by atoms with Gasteiger partial charge in [-0.05, 0) is 74.0 Å². The van der Waals surface area contributed by atoms with E-state index >= 15 is 0 Å². The van der Waals surface area contributed by atoms with Crippen molar-refractivity contribution >= 4 is 5.91 Å². The molecule has 2 heterocycles. The van der Waals surface area contributed by atoms with E-state index in [4.69, 9.17) is 24.7 Å². The van der Waals surface area contributed by atoms with E-state index in [-0.39, 0.29) is 41.9 Å². The fourth-order valence-corrected chi connectivity index (χ4v) is 5.94. The number of methoxy groups -OCH3 is 2. The topological polar surface area (TPSA) is 112 Å². The second-order valence-corrected chi connectivity index (χ2v) is 12.2. The number of ether oxygens (including phenoxy) is 4. The van der Waals surface area contributed by atoms with Crippen LogP contribution < -0.4 is 20.5 Å². The van der Waals surface area contributed by atoms with Crippen molar-refractivity contribution in [1.82, 2.24) is 5.32 Å². The summed E-state index contributed by atoms with van der Waals surface area (Å²) in [6, 6.07) is 5.73. The molecule has 2 aliphatic rings. The summed E-state index contributed by atoms with van der Waals surface area (Å²) in [5.41, 5.74) is 7.73. The van der Waals surface area contributed by atoms with Gasteiger partial charge in [0.05, 0.1) is 38.1 Å². The molecule has 2 unspecified atom stereocenters. The summed E-state index contributed by atoms with van der Waals surface area (Å²) in [5.74, 6) is 1.90. The zero-order valence-corrected chi connectivity index (χ0v) is 24.9. The number of aliphatic hydroxyl groups excluding tert-OH is 1. The second kappa shape index (κ2) is 15.2. The van der Waals surface area contributed by atoms with Gasteiger partial charge < -0.3 is 35.1 Å².